The quantitative estimate of drug-likeness (QED) is 0.372. The van der Waals surface area contributed by atoms with Gasteiger partial charge in [0.25, 0.3) is 0 Å². The summed E-state index contributed by atoms with van der Waals surface area (Å²) in [6, 6.07) is 25.1. The van der Waals surface area contributed by atoms with E-state index < -0.39 is 0 Å². The van der Waals surface area contributed by atoms with Crippen LogP contribution in [0.15, 0.2) is 72.8 Å². The Morgan fingerprint density at radius 1 is 0.862 bits per heavy atom. The van der Waals surface area contributed by atoms with Crippen molar-refractivity contribution >= 4 is 17.1 Å². The lowest BCUT2D eigenvalue weighted by atomic mass is 9.96. The Morgan fingerprint density at radius 2 is 1.62 bits per heavy atom. The second-order valence-electron chi connectivity index (χ2n) is 7.61. The SMILES string of the molecule is CC[C@@H](C)CCNc1cc(Nc2ccccc2)ccc1-c1ccccc1CCO. The molecule has 0 aromatic heterocycles. The number of benzene rings is 3. The van der Waals surface area contributed by atoms with Crippen LogP contribution in [-0.4, -0.2) is 18.3 Å². The van der Waals surface area contributed by atoms with Gasteiger partial charge >= 0.3 is 0 Å². The van der Waals surface area contributed by atoms with Crippen molar-refractivity contribution in [1.29, 1.82) is 0 Å². The normalized spacial score (nSPS) is 11.8. The molecular weight excluding hydrogens is 356 g/mol. The Hall–Kier alpha value is -2.78. The Bertz CT molecular complexity index is 892. The first-order valence-corrected chi connectivity index (χ1v) is 10.6. The van der Waals surface area contributed by atoms with E-state index in [9.17, 15) is 5.11 Å². The third-order valence-electron chi connectivity index (χ3n) is 5.42. The van der Waals surface area contributed by atoms with E-state index in [1.54, 1.807) is 0 Å². The molecule has 0 aliphatic heterocycles. The van der Waals surface area contributed by atoms with E-state index in [4.69, 9.17) is 0 Å². The number of hydrogen-bond donors (Lipinski definition) is 3. The molecule has 3 N–H and O–H groups in total. The van der Waals surface area contributed by atoms with Gasteiger partial charge in [0.2, 0.25) is 0 Å². The molecule has 0 aliphatic carbocycles. The third-order valence-corrected chi connectivity index (χ3v) is 5.42. The highest BCUT2D eigenvalue weighted by molar-refractivity contribution is 5.83. The van der Waals surface area contributed by atoms with E-state index in [-0.39, 0.29) is 6.61 Å². The molecular formula is C26H32N2O. The predicted molar refractivity (Wildman–Crippen MR) is 125 cm³/mol. The fourth-order valence-corrected chi connectivity index (χ4v) is 3.47. The van der Waals surface area contributed by atoms with Gasteiger partial charge in [-0.15, -0.1) is 0 Å². The van der Waals surface area contributed by atoms with Gasteiger partial charge in [0.05, 0.1) is 0 Å². The molecule has 0 amide bonds. The molecule has 29 heavy (non-hydrogen) atoms. The van der Waals surface area contributed by atoms with Crippen molar-refractivity contribution in [3.8, 4) is 11.1 Å². The largest absolute Gasteiger partial charge is 0.396 e. The molecule has 0 radical (unpaired) electrons. The smallest absolute Gasteiger partial charge is 0.0471 e. The van der Waals surface area contributed by atoms with Crippen LogP contribution in [0, 0.1) is 5.92 Å². The van der Waals surface area contributed by atoms with Gasteiger partial charge in [0, 0.05) is 35.8 Å². The maximum absolute atomic E-state index is 9.47. The fourth-order valence-electron chi connectivity index (χ4n) is 3.47. The molecule has 0 bridgehead atoms. The highest BCUT2D eigenvalue weighted by Crippen LogP contribution is 2.34. The average Bonchev–Trinajstić information content (AvgIpc) is 2.75. The number of aliphatic hydroxyl groups is 1. The van der Waals surface area contributed by atoms with Crippen LogP contribution in [0.1, 0.15) is 32.3 Å². The molecule has 3 rings (SSSR count). The number of aliphatic hydroxyl groups excluding tert-OH is 1. The summed E-state index contributed by atoms with van der Waals surface area (Å²) in [7, 11) is 0. The molecule has 0 heterocycles. The molecule has 3 nitrogen and oxygen atoms in total. The molecule has 0 fully saturated rings. The lowest BCUT2D eigenvalue weighted by Crippen LogP contribution is -2.08. The van der Waals surface area contributed by atoms with Crippen LogP contribution < -0.4 is 10.6 Å². The van der Waals surface area contributed by atoms with Gasteiger partial charge in [-0.05, 0) is 54.2 Å². The molecule has 3 heteroatoms. The van der Waals surface area contributed by atoms with Gasteiger partial charge in [-0.3, -0.25) is 0 Å². The van der Waals surface area contributed by atoms with Gasteiger partial charge in [-0.1, -0.05) is 68.8 Å². The van der Waals surface area contributed by atoms with Crippen molar-refractivity contribution in [3.05, 3.63) is 78.4 Å². The van der Waals surface area contributed by atoms with Crippen LogP contribution in [0.4, 0.5) is 17.1 Å². The summed E-state index contributed by atoms with van der Waals surface area (Å²) in [5.41, 5.74) is 6.79. The van der Waals surface area contributed by atoms with Crippen LogP contribution in [-0.2, 0) is 6.42 Å². The fraction of sp³-hybridized carbons (Fsp3) is 0.308. The Labute approximate surface area is 174 Å². The van der Waals surface area contributed by atoms with Crippen molar-refractivity contribution in [2.75, 3.05) is 23.8 Å². The van der Waals surface area contributed by atoms with E-state index in [1.165, 1.54) is 23.1 Å². The lowest BCUT2D eigenvalue weighted by Gasteiger charge is -2.18. The van der Waals surface area contributed by atoms with Crippen LogP contribution in [0.5, 0.6) is 0 Å². The molecule has 0 saturated carbocycles. The summed E-state index contributed by atoms with van der Waals surface area (Å²) in [4.78, 5) is 0. The predicted octanol–water partition coefficient (Wildman–Crippen LogP) is 6.48. The van der Waals surface area contributed by atoms with E-state index in [0.29, 0.717) is 12.3 Å². The number of rotatable bonds is 10. The van der Waals surface area contributed by atoms with Crippen molar-refractivity contribution in [1.82, 2.24) is 0 Å². The number of nitrogens with one attached hydrogen (secondary N) is 2. The minimum absolute atomic E-state index is 0.154. The zero-order valence-corrected chi connectivity index (χ0v) is 17.5. The Morgan fingerprint density at radius 3 is 2.38 bits per heavy atom. The van der Waals surface area contributed by atoms with E-state index in [1.807, 2.05) is 24.3 Å². The average molecular weight is 389 g/mol. The van der Waals surface area contributed by atoms with E-state index in [0.717, 1.165) is 30.0 Å². The van der Waals surface area contributed by atoms with Gasteiger partial charge in [-0.25, -0.2) is 0 Å². The summed E-state index contributed by atoms with van der Waals surface area (Å²) in [6.07, 6.45) is 3.00. The standard InChI is InChI=1S/C26H32N2O/c1-3-20(2)15-17-27-26-19-23(28-22-10-5-4-6-11-22)13-14-25(26)24-12-8-7-9-21(24)16-18-29/h4-14,19-20,27-29H,3,15-18H2,1-2H3/t20-/m1/s1. The van der Waals surface area contributed by atoms with Crippen LogP contribution in [0.3, 0.4) is 0 Å². The summed E-state index contributed by atoms with van der Waals surface area (Å²) in [5, 5.41) is 16.6. The number of para-hydroxylation sites is 1. The topological polar surface area (TPSA) is 44.3 Å². The van der Waals surface area contributed by atoms with Crippen molar-refractivity contribution in [2.45, 2.75) is 33.1 Å². The van der Waals surface area contributed by atoms with Crippen molar-refractivity contribution in [2.24, 2.45) is 5.92 Å². The molecule has 3 aromatic carbocycles. The van der Waals surface area contributed by atoms with Crippen LogP contribution in [0.2, 0.25) is 0 Å². The highest BCUT2D eigenvalue weighted by atomic mass is 16.2. The minimum atomic E-state index is 0.154. The zero-order chi connectivity index (χ0) is 20.5. The molecule has 0 saturated heterocycles. The van der Waals surface area contributed by atoms with Crippen molar-refractivity contribution in [3.63, 3.8) is 0 Å². The lowest BCUT2D eigenvalue weighted by molar-refractivity contribution is 0.300. The summed E-state index contributed by atoms with van der Waals surface area (Å²) in [6.45, 7) is 5.64. The number of hydrogen-bond acceptors (Lipinski definition) is 3. The van der Waals surface area contributed by atoms with Gasteiger partial charge < -0.3 is 15.7 Å². The first kappa shape index (κ1) is 20.9. The molecule has 152 valence electrons. The molecule has 0 unspecified atom stereocenters. The highest BCUT2D eigenvalue weighted by Gasteiger charge is 2.11. The van der Waals surface area contributed by atoms with Gasteiger partial charge in [-0.2, -0.15) is 0 Å². The monoisotopic (exact) mass is 388 g/mol. The summed E-state index contributed by atoms with van der Waals surface area (Å²) in [5.74, 6) is 0.707. The molecule has 1 atom stereocenters. The summed E-state index contributed by atoms with van der Waals surface area (Å²) < 4.78 is 0. The van der Waals surface area contributed by atoms with Gasteiger partial charge in [0.15, 0.2) is 0 Å². The first-order valence-electron chi connectivity index (χ1n) is 10.6. The van der Waals surface area contributed by atoms with Crippen LogP contribution in [0.25, 0.3) is 11.1 Å². The second kappa shape index (κ2) is 10.7. The zero-order valence-electron chi connectivity index (χ0n) is 17.5. The van der Waals surface area contributed by atoms with Crippen LogP contribution >= 0.6 is 0 Å². The molecule has 3 aromatic rings. The molecule has 0 aliphatic rings. The summed E-state index contributed by atoms with van der Waals surface area (Å²) >= 11 is 0. The Balaban J connectivity index is 1.92. The molecule has 0 spiro atoms. The van der Waals surface area contributed by atoms with E-state index in [2.05, 4.69) is 73.0 Å². The maximum atomic E-state index is 9.47. The van der Waals surface area contributed by atoms with Crippen molar-refractivity contribution < 1.29 is 5.11 Å². The number of anilines is 3. The first-order chi connectivity index (χ1) is 14.2. The maximum Gasteiger partial charge on any atom is 0.0471 e. The minimum Gasteiger partial charge on any atom is -0.396 e. The van der Waals surface area contributed by atoms with E-state index >= 15 is 0 Å². The third kappa shape index (κ3) is 5.85. The van der Waals surface area contributed by atoms with Gasteiger partial charge in [0.1, 0.15) is 0 Å². The second-order valence-corrected chi connectivity index (χ2v) is 7.61. The Kier molecular flexibility index (Phi) is 7.71.